The van der Waals surface area contributed by atoms with Crippen LogP contribution < -0.4 is 15.8 Å². The Morgan fingerprint density at radius 2 is 2.12 bits per heavy atom. The van der Waals surface area contributed by atoms with E-state index in [0.717, 1.165) is 30.6 Å². The minimum atomic E-state index is -2.89. The van der Waals surface area contributed by atoms with E-state index < -0.39 is 9.84 Å². The number of guanidine groups is 1. The number of sulfone groups is 1. The number of halogens is 1. The normalized spacial score (nSPS) is 25.8. The van der Waals surface area contributed by atoms with E-state index in [1.807, 2.05) is 24.3 Å². The second-order valence-electron chi connectivity index (χ2n) is 6.22. The van der Waals surface area contributed by atoms with E-state index >= 15 is 0 Å². The molecule has 0 radical (unpaired) electrons. The molecule has 1 aromatic rings. The third-order valence-electron chi connectivity index (χ3n) is 4.36. The third-order valence-corrected chi connectivity index (χ3v) is 6.25. The van der Waals surface area contributed by atoms with E-state index in [9.17, 15) is 8.42 Å². The fourth-order valence-electron chi connectivity index (χ4n) is 3.21. The molecule has 3 N–H and O–H groups in total. The fraction of sp³-hybridized carbons (Fsp3) is 0.562. The maximum atomic E-state index is 11.7. The molecule has 0 aromatic heterocycles. The van der Waals surface area contributed by atoms with E-state index in [0.29, 0.717) is 24.9 Å². The van der Waals surface area contributed by atoms with Crippen molar-refractivity contribution in [2.45, 2.75) is 25.3 Å². The molecule has 1 aromatic carbocycles. The van der Waals surface area contributed by atoms with Crippen LogP contribution in [-0.4, -0.2) is 39.0 Å². The highest BCUT2D eigenvalue weighted by Crippen LogP contribution is 2.31. The van der Waals surface area contributed by atoms with E-state index in [4.69, 9.17) is 10.5 Å². The van der Waals surface area contributed by atoms with Crippen LogP contribution in [0.3, 0.4) is 0 Å². The highest BCUT2D eigenvalue weighted by atomic mass is 127. The van der Waals surface area contributed by atoms with Gasteiger partial charge in [0.15, 0.2) is 15.8 Å². The Bertz CT molecular complexity index is 694. The summed E-state index contributed by atoms with van der Waals surface area (Å²) in [5.41, 5.74) is 7.08. The number of benzene rings is 1. The predicted octanol–water partition coefficient (Wildman–Crippen LogP) is 1.86. The first-order chi connectivity index (χ1) is 11.0. The lowest BCUT2D eigenvalue weighted by molar-refractivity contribution is 0.262. The second-order valence-corrected chi connectivity index (χ2v) is 8.45. The Kier molecular flexibility index (Phi) is 6.73. The van der Waals surface area contributed by atoms with Gasteiger partial charge in [-0.1, -0.05) is 18.2 Å². The molecule has 0 saturated carbocycles. The maximum absolute atomic E-state index is 11.7. The molecule has 2 unspecified atom stereocenters. The lowest BCUT2D eigenvalue weighted by atomic mass is 10.0. The zero-order valence-corrected chi connectivity index (χ0v) is 16.6. The first kappa shape index (κ1) is 19.3. The molecule has 3 rings (SSSR count). The number of ether oxygens (including phenoxy) is 1. The largest absolute Gasteiger partial charge is 0.493 e. The van der Waals surface area contributed by atoms with Crippen LogP contribution >= 0.6 is 24.0 Å². The highest BCUT2D eigenvalue weighted by Gasteiger charge is 2.25. The zero-order chi connectivity index (χ0) is 16.3. The van der Waals surface area contributed by atoms with Gasteiger partial charge in [0, 0.05) is 18.5 Å². The molecule has 1 saturated heterocycles. The Labute approximate surface area is 160 Å². The maximum Gasteiger partial charge on any atom is 0.189 e. The third kappa shape index (κ3) is 4.98. The minimum absolute atomic E-state index is 0. The van der Waals surface area contributed by atoms with Crippen molar-refractivity contribution in [1.82, 2.24) is 5.32 Å². The summed E-state index contributed by atoms with van der Waals surface area (Å²) in [7, 11) is -2.89. The Hall–Kier alpha value is -1.03. The van der Waals surface area contributed by atoms with Crippen molar-refractivity contribution >= 4 is 39.8 Å². The number of aliphatic imine (C=N–C) groups is 1. The van der Waals surface area contributed by atoms with E-state index in [-0.39, 0.29) is 41.7 Å². The molecule has 1 fully saturated rings. The topological polar surface area (TPSA) is 93.8 Å². The number of nitrogens with two attached hydrogens (primary N) is 1. The first-order valence-electron chi connectivity index (χ1n) is 8.02. The molecule has 134 valence electrons. The number of nitrogens with zero attached hydrogens (tertiary/aromatic N) is 1. The van der Waals surface area contributed by atoms with Gasteiger partial charge in [-0.2, -0.15) is 0 Å². The molecule has 2 atom stereocenters. The van der Waals surface area contributed by atoms with Crippen LogP contribution in [0.2, 0.25) is 0 Å². The average Bonchev–Trinajstić information content (AvgIpc) is 2.52. The first-order valence-corrected chi connectivity index (χ1v) is 9.84. The van der Waals surface area contributed by atoms with Crippen molar-refractivity contribution in [2.24, 2.45) is 16.6 Å². The summed E-state index contributed by atoms with van der Waals surface area (Å²) in [6, 6.07) is 7.97. The standard InChI is InChI=1S/C16H23N3O3S.HI/c17-16(18-10-12-4-3-9-23(20,21)11-12)19-14-7-8-22-15-6-2-1-5-13(14)15;/h1-2,5-6,12,14H,3-4,7-11H2,(H3,17,18,19);1H. The van der Waals surface area contributed by atoms with Gasteiger partial charge in [-0.05, 0) is 24.8 Å². The zero-order valence-electron chi connectivity index (χ0n) is 13.5. The van der Waals surface area contributed by atoms with Gasteiger partial charge in [-0.15, -0.1) is 24.0 Å². The fourth-order valence-corrected chi connectivity index (χ4v) is 4.97. The van der Waals surface area contributed by atoms with E-state index in [2.05, 4.69) is 10.3 Å². The number of nitrogens with one attached hydrogen (secondary N) is 1. The summed E-state index contributed by atoms with van der Waals surface area (Å²) in [5, 5.41) is 3.23. The average molecular weight is 465 g/mol. The summed E-state index contributed by atoms with van der Waals surface area (Å²) < 4.78 is 28.9. The van der Waals surface area contributed by atoms with Crippen LogP contribution in [0, 0.1) is 5.92 Å². The summed E-state index contributed by atoms with van der Waals surface area (Å²) in [5.74, 6) is 1.86. The van der Waals surface area contributed by atoms with Gasteiger partial charge < -0.3 is 15.8 Å². The van der Waals surface area contributed by atoms with Crippen LogP contribution in [-0.2, 0) is 9.84 Å². The Balaban J connectivity index is 0.00000208. The van der Waals surface area contributed by atoms with Gasteiger partial charge in [0.25, 0.3) is 0 Å². The van der Waals surface area contributed by atoms with Gasteiger partial charge in [0.2, 0.25) is 0 Å². The number of rotatable bonds is 3. The lowest BCUT2D eigenvalue weighted by Crippen LogP contribution is -2.38. The minimum Gasteiger partial charge on any atom is -0.493 e. The van der Waals surface area contributed by atoms with Gasteiger partial charge in [0.1, 0.15) is 5.75 Å². The number of para-hydroxylation sites is 1. The Morgan fingerprint density at radius 3 is 2.92 bits per heavy atom. The van der Waals surface area contributed by atoms with E-state index in [1.54, 1.807) is 0 Å². The molecular weight excluding hydrogens is 441 g/mol. The van der Waals surface area contributed by atoms with Crippen LogP contribution in [0.5, 0.6) is 5.75 Å². The molecule has 0 amide bonds. The second kappa shape index (κ2) is 8.37. The molecule has 8 heteroatoms. The van der Waals surface area contributed by atoms with Crippen molar-refractivity contribution < 1.29 is 13.2 Å². The molecule has 2 heterocycles. The van der Waals surface area contributed by atoms with Crippen molar-refractivity contribution in [1.29, 1.82) is 0 Å². The van der Waals surface area contributed by atoms with Crippen molar-refractivity contribution in [3.05, 3.63) is 29.8 Å². The molecule has 2 aliphatic heterocycles. The number of fused-ring (bicyclic) bond motifs is 1. The molecule has 0 spiro atoms. The van der Waals surface area contributed by atoms with Crippen LogP contribution in [0.1, 0.15) is 30.9 Å². The van der Waals surface area contributed by atoms with E-state index in [1.165, 1.54) is 0 Å². The summed E-state index contributed by atoms with van der Waals surface area (Å²) in [6.45, 7) is 1.10. The predicted molar refractivity (Wildman–Crippen MR) is 106 cm³/mol. The molecule has 0 bridgehead atoms. The van der Waals surface area contributed by atoms with Gasteiger partial charge in [0.05, 0.1) is 24.2 Å². The number of hydrogen-bond donors (Lipinski definition) is 2. The lowest BCUT2D eigenvalue weighted by Gasteiger charge is -2.27. The molecule has 6 nitrogen and oxygen atoms in total. The summed E-state index contributed by atoms with van der Waals surface area (Å²) in [4.78, 5) is 4.36. The SMILES string of the molecule is I.NC(=NCC1CCCS(=O)(=O)C1)NC1CCOc2ccccc21. The summed E-state index contributed by atoms with van der Waals surface area (Å²) in [6.07, 6.45) is 2.45. The van der Waals surface area contributed by atoms with Gasteiger partial charge in [-0.25, -0.2) is 8.42 Å². The highest BCUT2D eigenvalue weighted by molar-refractivity contribution is 14.0. The molecular formula is C16H24IN3O3S. The van der Waals surface area contributed by atoms with Crippen molar-refractivity contribution in [2.75, 3.05) is 24.7 Å². The van der Waals surface area contributed by atoms with Crippen LogP contribution in [0.15, 0.2) is 29.3 Å². The molecule has 24 heavy (non-hydrogen) atoms. The van der Waals surface area contributed by atoms with Crippen molar-refractivity contribution in [3.63, 3.8) is 0 Å². The molecule has 2 aliphatic rings. The van der Waals surface area contributed by atoms with Crippen LogP contribution in [0.4, 0.5) is 0 Å². The molecule has 0 aliphatic carbocycles. The summed E-state index contributed by atoms with van der Waals surface area (Å²) >= 11 is 0. The number of hydrogen-bond acceptors (Lipinski definition) is 4. The van der Waals surface area contributed by atoms with Crippen molar-refractivity contribution in [3.8, 4) is 5.75 Å². The Morgan fingerprint density at radius 1 is 1.33 bits per heavy atom. The van der Waals surface area contributed by atoms with Gasteiger partial charge in [-0.3, -0.25) is 4.99 Å². The van der Waals surface area contributed by atoms with Crippen LogP contribution in [0.25, 0.3) is 0 Å². The quantitative estimate of drug-likeness (QED) is 0.404. The smallest absolute Gasteiger partial charge is 0.189 e. The van der Waals surface area contributed by atoms with Gasteiger partial charge >= 0.3 is 0 Å². The monoisotopic (exact) mass is 465 g/mol.